The monoisotopic (exact) mass is 429 g/mol. The molecule has 4 rings (SSSR count). The van der Waals surface area contributed by atoms with Crippen molar-refractivity contribution in [2.75, 3.05) is 37.0 Å². The van der Waals surface area contributed by atoms with Crippen LogP contribution in [0.4, 0.5) is 5.69 Å². The molecule has 0 radical (unpaired) electrons. The van der Waals surface area contributed by atoms with Crippen LogP contribution in [0.15, 0.2) is 41.3 Å². The smallest absolute Gasteiger partial charge is 0.265 e. The maximum atomic E-state index is 13.1. The van der Waals surface area contributed by atoms with Crippen molar-refractivity contribution in [3.63, 3.8) is 0 Å². The molecule has 0 spiro atoms. The zero-order chi connectivity index (χ0) is 21.5. The van der Waals surface area contributed by atoms with E-state index in [2.05, 4.69) is 0 Å². The van der Waals surface area contributed by atoms with E-state index in [1.807, 2.05) is 36.9 Å². The molecule has 0 saturated carbocycles. The molecular formula is C22H27N3O4S. The molecule has 7 nitrogen and oxygen atoms in total. The third kappa shape index (κ3) is 3.33. The van der Waals surface area contributed by atoms with Crippen LogP contribution in [-0.2, 0) is 19.6 Å². The van der Waals surface area contributed by atoms with E-state index in [-0.39, 0.29) is 29.2 Å². The highest BCUT2D eigenvalue weighted by Crippen LogP contribution is 2.41. The molecule has 0 atom stereocenters. The van der Waals surface area contributed by atoms with Crippen LogP contribution in [0, 0.1) is 5.92 Å². The van der Waals surface area contributed by atoms with E-state index in [1.165, 1.54) is 4.31 Å². The Morgan fingerprint density at radius 2 is 1.67 bits per heavy atom. The average molecular weight is 430 g/mol. The Morgan fingerprint density at radius 1 is 1.03 bits per heavy atom. The first-order chi connectivity index (χ1) is 14.4. The normalized spacial score (nSPS) is 18.1. The van der Waals surface area contributed by atoms with Gasteiger partial charge >= 0.3 is 0 Å². The second-order valence-electron chi connectivity index (χ2n) is 7.81. The molecule has 0 unspecified atom stereocenters. The van der Waals surface area contributed by atoms with Crippen molar-refractivity contribution in [2.45, 2.75) is 31.6 Å². The summed E-state index contributed by atoms with van der Waals surface area (Å²) in [5.74, 6) is -0.143. The first kappa shape index (κ1) is 20.7. The zero-order valence-corrected chi connectivity index (χ0v) is 18.2. The van der Waals surface area contributed by atoms with Crippen molar-refractivity contribution in [3.05, 3.63) is 36.4 Å². The Morgan fingerprint density at radius 3 is 2.30 bits per heavy atom. The summed E-state index contributed by atoms with van der Waals surface area (Å²) in [7, 11) is -3.75. The van der Waals surface area contributed by atoms with Gasteiger partial charge < -0.3 is 9.80 Å². The van der Waals surface area contributed by atoms with E-state index in [1.54, 1.807) is 23.1 Å². The Balaban J connectivity index is 1.47. The van der Waals surface area contributed by atoms with E-state index >= 15 is 0 Å². The number of sulfonamides is 1. The van der Waals surface area contributed by atoms with Crippen LogP contribution in [0.3, 0.4) is 0 Å². The number of carbonyl (C=O) groups excluding carboxylic acids is 2. The Kier molecular flexibility index (Phi) is 5.44. The molecule has 160 valence electrons. The number of hydrogen-bond donors (Lipinski definition) is 0. The van der Waals surface area contributed by atoms with Gasteiger partial charge in [-0.15, -0.1) is 0 Å². The lowest BCUT2D eigenvalue weighted by Gasteiger charge is -2.34. The predicted octanol–water partition coefficient (Wildman–Crippen LogP) is 2.46. The lowest BCUT2D eigenvalue weighted by atomic mass is 9.95. The highest BCUT2D eigenvalue weighted by atomic mass is 32.2. The first-order valence-electron chi connectivity index (χ1n) is 10.5. The number of carbonyl (C=O) groups is 2. The van der Waals surface area contributed by atoms with Gasteiger partial charge in [0.1, 0.15) is 6.54 Å². The molecule has 2 aliphatic rings. The van der Waals surface area contributed by atoms with E-state index < -0.39 is 10.0 Å². The molecule has 2 amide bonds. The topological polar surface area (TPSA) is 78.0 Å². The highest BCUT2D eigenvalue weighted by molar-refractivity contribution is 7.93. The minimum absolute atomic E-state index is 0.0672. The second kappa shape index (κ2) is 7.91. The van der Waals surface area contributed by atoms with Gasteiger partial charge in [0.25, 0.3) is 10.0 Å². The van der Waals surface area contributed by atoms with Crippen LogP contribution in [0.5, 0.6) is 0 Å². The fraction of sp³-hybridized carbons (Fsp3) is 0.455. The summed E-state index contributed by atoms with van der Waals surface area (Å²) in [5.41, 5.74) is 0.558. The molecule has 1 fully saturated rings. The minimum Gasteiger partial charge on any atom is -0.343 e. The number of benzene rings is 2. The fourth-order valence-electron chi connectivity index (χ4n) is 4.52. The number of piperidine rings is 1. The number of hydrogen-bond acceptors (Lipinski definition) is 4. The van der Waals surface area contributed by atoms with Gasteiger partial charge in [-0.3, -0.25) is 13.9 Å². The SMILES string of the molecule is CCN(CC)C(=O)C1CCN(C(=O)CN2c3cccc4cccc(c34)S2(=O)=O)CC1. The molecule has 2 aromatic carbocycles. The van der Waals surface area contributed by atoms with Crippen LogP contribution in [-0.4, -0.2) is 62.8 Å². The third-order valence-corrected chi connectivity index (χ3v) is 8.03. The van der Waals surface area contributed by atoms with Crippen LogP contribution in [0.25, 0.3) is 10.8 Å². The first-order valence-corrected chi connectivity index (χ1v) is 11.9. The molecule has 30 heavy (non-hydrogen) atoms. The summed E-state index contributed by atoms with van der Waals surface area (Å²) >= 11 is 0. The van der Waals surface area contributed by atoms with Crippen LogP contribution >= 0.6 is 0 Å². The van der Waals surface area contributed by atoms with Crippen molar-refractivity contribution in [1.82, 2.24) is 9.80 Å². The summed E-state index contributed by atoms with van der Waals surface area (Å²) in [6.45, 7) is 6.04. The van der Waals surface area contributed by atoms with E-state index in [4.69, 9.17) is 0 Å². The minimum atomic E-state index is -3.75. The quantitative estimate of drug-likeness (QED) is 0.732. The van der Waals surface area contributed by atoms with Gasteiger partial charge in [0.15, 0.2) is 0 Å². The van der Waals surface area contributed by atoms with Gasteiger partial charge in [-0.05, 0) is 44.2 Å². The summed E-state index contributed by atoms with van der Waals surface area (Å²) in [4.78, 5) is 29.3. The maximum Gasteiger partial charge on any atom is 0.265 e. The Labute approximate surface area is 177 Å². The highest BCUT2D eigenvalue weighted by Gasteiger charge is 2.38. The van der Waals surface area contributed by atoms with Gasteiger partial charge in [-0.25, -0.2) is 8.42 Å². The maximum absolute atomic E-state index is 13.1. The van der Waals surface area contributed by atoms with Crippen molar-refractivity contribution >= 4 is 38.3 Å². The Hall–Kier alpha value is -2.61. The second-order valence-corrected chi connectivity index (χ2v) is 9.64. The largest absolute Gasteiger partial charge is 0.343 e. The molecular weight excluding hydrogens is 402 g/mol. The number of anilines is 1. The summed E-state index contributed by atoms with van der Waals surface area (Å²) < 4.78 is 27.4. The van der Waals surface area contributed by atoms with E-state index in [0.29, 0.717) is 50.1 Å². The van der Waals surface area contributed by atoms with Gasteiger partial charge in [0, 0.05) is 37.5 Å². The summed E-state index contributed by atoms with van der Waals surface area (Å²) in [6.07, 6.45) is 1.23. The number of rotatable bonds is 5. The molecule has 2 aromatic rings. The molecule has 0 aromatic heterocycles. The third-order valence-electron chi connectivity index (χ3n) is 6.23. The lowest BCUT2D eigenvalue weighted by molar-refractivity contribution is -0.140. The summed E-state index contributed by atoms with van der Waals surface area (Å²) in [6, 6.07) is 10.6. The van der Waals surface area contributed by atoms with Crippen LogP contribution in [0.1, 0.15) is 26.7 Å². The predicted molar refractivity (Wildman–Crippen MR) is 116 cm³/mol. The standard InChI is InChI=1S/C22H27N3O4S/c1-3-23(4-2)22(27)17-11-13-24(14-12-17)20(26)15-25-18-9-5-7-16-8-6-10-19(21(16)18)30(25,28)29/h5-10,17H,3-4,11-15H2,1-2H3. The van der Waals surface area contributed by atoms with Crippen molar-refractivity contribution in [2.24, 2.45) is 5.92 Å². The molecule has 2 aliphatic heterocycles. The molecule has 2 heterocycles. The Bertz CT molecular complexity index is 1080. The molecule has 0 aliphatic carbocycles. The van der Waals surface area contributed by atoms with Crippen molar-refractivity contribution in [1.29, 1.82) is 0 Å². The van der Waals surface area contributed by atoms with Crippen molar-refractivity contribution < 1.29 is 18.0 Å². The van der Waals surface area contributed by atoms with Gasteiger partial charge in [0.2, 0.25) is 11.8 Å². The van der Waals surface area contributed by atoms with E-state index in [9.17, 15) is 18.0 Å². The van der Waals surface area contributed by atoms with Gasteiger partial charge in [0.05, 0.1) is 10.6 Å². The molecule has 0 bridgehead atoms. The number of likely N-dealkylation sites (tertiary alicyclic amines) is 1. The molecule has 8 heteroatoms. The fourth-order valence-corrected chi connectivity index (χ4v) is 6.18. The number of amides is 2. The number of nitrogens with zero attached hydrogens (tertiary/aromatic N) is 3. The van der Waals surface area contributed by atoms with Gasteiger partial charge in [-0.2, -0.15) is 0 Å². The average Bonchev–Trinajstić information content (AvgIpc) is 2.98. The van der Waals surface area contributed by atoms with Crippen molar-refractivity contribution in [3.8, 4) is 0 Å². The van der Waals surface area contributed by atoms with Crippen LogP contribution in [0.2, 0.25) is 0 Å². The molecule has 0 N–H and O–H groups in total. The summed E-state index contributed by atoms with van der Waals surface area (Å²) in [5, 5.41) is 1.52. The van der Waals surface area contributed by atoms with E-state index in [0.717, 1.165) is 5.39 Å². The van der Waals surface area contributed by atoms with Gasteiger partial charge in [-0.1, -0.05) is 24.3 Å². The lowest BCUT2D eigenvalue weighted by Crippen LogP contribution is -2.47. The molecule has 1 saturated heterocycles. The zero-order valence-electron chi connectivity index (χ0n) is 17.4. The van der Waals surface area contributed by atoms with Crippen LogP contribution < -0.4 is 4.31 Å².